The van der Waals surface area contributed by atoms with Crippen LogP contribution in [0.5, 0.6) is 5.75 Å². The highest BCUT2D eigenvalue weighted by atomic mass is 16.6. The van der Waals surface area contributed by atoms with Crippen LogP contribution < -0.4 is 4.74 Å². The zero-order valence-electron chi connectivity index (χ0n) is 10.5. The van der Waals surface area contributed by atoms with Crippen LogP contribution in [0.25, 0.3) is 0 Å². The van der Waals surface area contributed by atoms with Crippen LogP contribution in [0.1, 0.15) is 11.1 Å². The third kappa shape index (κ3) is 3.46. The molecule has 1 aromatic rings. The van der Waals surface area contributed by atoms with Crippen molar-refractivity contribution in [1.82, 2.24) is 0 Å². The Hall–Kier alpha value is -2.08. The van der Waals surface area contributed by atoms with Crippen molar-refractivity contribution in [2.24, 2.45) is 5.16 Å². The molecule has 0 spiro atoms. The Balaban J connectivity index is 3.00. The Morgan fingerprint density at radius 2 is 2.11 bits per heavy atom. The summed E-state index contributed by atoms with van der Waals surface area (Å²) in [6.07, 6.45) is 0. The number of aryl methyl sites for hydroxylation is 1. The van der Waals surface area contributed by atoms with E-state index >= 15 is 0 Å². The predicted octanol–water partition coefficient (Wildman–Crippen LogP) is 0.999. The number of nitrogens with zero attached hydrogens (tertiary/aromatic N) is 1. The Labute approximate surface area is 105 Å². The summed E-state index contributed by atoms with van der Waals surface area (Å²) in [6, 6.07) is 5.14. The maximum absolute atomic E-state index is 11.4. The minimum Gasteiger partial charge on any atom is -0.462 e. The molecule has 1 aromatic carbocycles. The van der Waals surface area contributed by atoms with Crippen molar-refractivity contribution in [3.8, 4) is 5.75 Å². The number of ether oxygens (including phenoxy) is 2. The summed E-state index contributed by atoms with van der Waals surface area (Å²) in [5.74, 6) is -0.647. The lowest BCUT2D eigenvalue weighted by molar-refractivity contribution is -0.134. The molecular formula is C12H15NO5. The predicted molar refractivity (Wildman–Crippen MR) is 64.2 cm³/mol. The molecule has 6 nitrogen and oxygen atoms in total. The third-order valence-corrected chi connectivity index (χ3v) is 2.18. The Kier molecular flexibility index (Phi) is 5.13. The van der Waals surface area contributed by atoms with E-state index in [4.69, 9.17) is 9.84 Å². The number of oxime groups is 1. The lowest BCUT2D eigenvalue weighted by Gasteiger charge is -2.10. The molecular weight excluding hydrogens is 238 g/mol. The fourth-order valence-electron chi connectivity index (χ4n) is 1.22. The number of benzene rings is 1. The first-order valence-electron chi connectivity index (χ1n) is 5.20. The second kappa shape index (κ2) is 6.61. The van der Waals surface area contributed by atoms with E-state index in [1.165, 1.54) is 14.2 Å². The van der Waals surface area contributed by atoms with Crippen LogP contribution in [-0.2, 0) is 21.0 Å². The lowest BCUT2D eigenvalue weighted by Crippen LogP contribution is -2.23. The van der Waals surface area contributed by atoms with Gasteiger partial charge in [-0.25, -0.2) is 4.79 Å². The molecule has 0 bridgehead atoms. The first-order chi connectivity index (χ1) is 8.62. The number of carbonyl (C=O) groups excluding carboxylic acids is 1. The molecule has 98 valence electrons. The van der Waals surface area contributed by atoms with Gasteiger partial charge in [0.15, 0.2) is 0 Å². The van der Waals surface area contributed by atoms with E-state index < -0.39 is 5.97 Å². The van der Waals surface area contributed by atoms with Gasteiger partial charge in [-0.2, -0.15) is 0 Å². The average molecular weight is 253 g/mol. The lowest BCUT2D eigenvalue weighted by atomic mass is 10.1. The molecule has 18 heavy (non-hydrogen) atoms. The van der Waals surface area contributed by atoms with Crippen molar-refractivity contribution in [1.29, 1.82) is 0 Å². The van der Waals surface area contributed by atoms with E-state index in [1.807, 2.05) is 0 Å². The van der Waals surface area contributed by atoms with Crippen molar-refractivity contribution in [2.75, 3.05) is 14.2 Å². The summed E-state index contributed by atoms with van der Waals surface area (Å²) >= 11 is 0. The summed E-state index contributed by atoms with van der Waals surface area (Å²) in [5.41, 5.74) is 1.46. The van der Waals surface area contributed by atoms with Crippen LogP contribution in [0, 0.1) is 6.92 Å². The summed E-state index contributed by atoms with van der Waals surface area (Å²) in [7, 11) is 2.51. The molecule has 1 N–H and O–H groups in total. The van der Waals surface area contributed by atoms with Gasteiger partial charge in [0.1, 0.15) is 12.9 Å². The van der Waals surface area contributed by atoms with Gasteiger partial charge in [0.2, 0.25) is 0 Å². The molecule has 0 atom stereocenters. The summed E-state index contributed by atoms with van der Waals surface area (Å²) in [5, 5.41) is 12.5. The monoisotopic (exact) mass is 253 g/mol. The Morgan fingerprint density at radius 3 is 2.67 bits per heavy atom. The molecule has 0 saturated heterocycles. The van der Waals surface area contributed by atoms with E-state index in [2.05, 4.69) is 14.7 Å². The molecule has 0 aliphatic heterocycles. The zero-order chi connectivity index (χ0) is 13.5. The average Bonchev–Trinajstić information content (AvgIpc) is 2.39. The van der Waals surface area contributed by atoms with Crippen molar-refractivity contribution in [3.05, 3.63) is 29.3 Å². The number of methoxy groups -OCH3 is 1. The van der Waals surface area contributed by atoms with E-state index in [1.54, 1.807) is 25.1 Å². The second-order valence-electron chi connectivity index (χ2n) is 3.43. The van der Waals surface area contributed by atoms with E-state index in [9.17, 15) is 4.79 Å². The molecule has 0 unspecified atom stereocenters. The van der Waals surface area contributed by atoms with Crippen LogP contribution >= 0.6 is 0 Å². The summed E-state index contributed by atoms with van der Waals surface area (Å²) in [4.78, 5) is 15.9. The number of rotatable bonds is 3. The van der Waals surface area contributed by atoms with Crippen molar-refractivity contribution in [3.63, 3.8) is 0 Å². The molecule has 0 saturated carbocycles. The quantitative estimate of drug-likeness (QED) is 0.376. The summed E-state index contributed by atoms with van der Waals surface area (Å²) in [6.45, 7) is 1.68. The van der Waals surface area contributed by atoms with Gasteiger partial charge in [-0.3, -0.25) is 0 Å². The fraction of sp³-hybridized carbons (Fsp3) is 0.333. The number of carbonyl (C=O) groups is 1. The largest absolute Gasteiger partial charge is 0.462 e. The first kappa shape index (κ1) is 14.0. The van der Waals surface area contributed by atoms with Gasteiger partial charge < -0.3 is 19.4 Å². The number of hydrogen-bond donors (Lipinski definition) is 1. The van der Waals surface area contributed by atoms with Crippen LogP contribution in [0.2, 0.25) is 0 Å². The smallest absolute Gasteiger partial charge is 0.397 e. The van der Waals surface area contributed by atoms with Crippen molar-refractivity contribution < 1.29 is 24.2 Å². The Bertz CT molecular complexity index is 456. The van der Waals surface area contributed by atoms with E-state index in [0.717, 1.165) is 5.56 Å². The number of esters is 1. The molecule has 0 heterocycles. The normalized spacial score (nSPS) is 11.0. The van der Waals surface area contributed by atoms with Gasteiger partial charge in [0, 0.05) is 0 Å². The molecule has 0 aromatic heterocycles. The summed E-state index contributed by atoms with van der Waals surface area (Å²) < 4.78 is 9.83. The first-order valence-corrected chi connectivity index (χ1v) is 5.20. The number of aliphatic hydroxyl groups excluding tert-OH is 1. The van der Waals surface area contributed by atoms with E-state index in [-0.39, 0.29) is 12.5 Å². The molecule has 1 rings (SSSR count). The maximum atomic E-state index is 11.4. The standard InChI is InChI=1S/C12H15NO5/c1-8-4-5-9(7-14)6-10(8)18-11(13-17-3)12(15)16-2/h4-6,14H,7H2,1-3H3. The van der Waals surface area contributed by atoms with Crippen LogP contribution in [0.15, 0.2) is 23.4 Å². The molecule has 0 aliphatic rings. The molecule has 0 aliphatic carbocycles. The number of aliphatic hydroxyl groups is 1. The SMILES string of the molecule is CON=C(Oc1cc(CO)ccc1C)C(=O)OC. The third-order valence-electron chi connectivity index (χ3n) is 2.18. The highest BCUT2D eigenvalue weighted by molar-refractivity contribution is 6.33. The highest BCUT2D eigenvalue weighted by Gasteiger charge is 2.17. The van der Waals surface area contributed by atoms with Gasteiger partial charge in [-0.05, 0) is 29.3 Å². The number of hydrogen-bond acceptors (Lipinski definition) is 6. The van der Waals surface area contributed by atoms with E-state index in [0.29, 0.717) is 11.3 Å². The van der Waals surface area contributed by atoms with Crippen LogP contribution in [-0.4, -0.2) is 31.2 Å². The molecule has 6 heteroatoms. The van der Waals surface area contributed by atoms with Crippen molar-refractivity contribution in [2.45, 2.75) is 13.5 Å². The minimum absolute atomic E-state index is 0.119. The van der Waals surface area contributed by atoms with Gasteiger partial charge >= 0.3 is 11.9 Å². The minimum atomic E-state index is -0.745. The molecule has 0 fully saturated rings. The van der Waals surface area contributed by atoms with Crippen LogP contribution in [0.3, 0.4) is 0 Å². The fourth-order valence-corrected chi connectivity index (χ4v) is 1.22. The Morgan fingerprint density at radius 1 is 1.39 bits per heavy atom. The molecule has 0 amide bonds. The zero-order valence-corrected chi connectivity index (χ0v) is 10.5. The second-order valence-corrected chi connectivity index (χ2v) is 3.43. The topological polar surface area (TPSA) is 77.4 Å². The van der Waals surface area contributed by atoms with Gasteiger partial charge in [-0.15, -0.1) is 0 Å². The van der Waals surface area contributed by atoms with Crippen LogP contribution in [0.4, 0.5) is 0 Å². The highest BCUT2D eigenvalue weighted by Crippen LogP contribution is 2.20. The van der Waals surface area contributed by atoms with Gasteiger partial charge in [0.25, 0.3) is 0 Å². The van der Waals surface area contributed by atoms with Gasteiger partial charge in [-0.1, -0.05) is 12.1 Å². The van der Waals surface area contributed by atoms with Crippen molar-refractivity contribution >= 4 is 11.9 Å². The van der Waals surface area contributed by atoms with Gasteiger partial charge in [0.05, 0.1) is 13.7 Å². The molecule has 0 radical (unpaired) electrons. The maximum Gasteiger partial charge on any atom is 0.397 e.